The lowest BCUT2D eigenvalue weighted by atomic mass is 9.67. The summed E-state index contributed by atoms with van der Waals surface area (Å²) in [6.45, 7) is 8.84. The summed E-state index contributed by atoms with van der Waals surface area (Å²) in [5, 5.41) is 3.63. The maximum Gasteiger partial charge on any atom is 0.0464 e. The molecule has 0 saturated carbocycles. The first-order chi connectivity index (χ1) is 11.5. The van der Waals surface area contributed by atoms with Gasteiger partial charge in [0.05, 0.1) is 0 Å². The average Bonchev–Trinajstić information content (AvgIpc) is 2.57. The number of fused-ring (bicyclic) bond motifs is 2. The molecule has 1 heterocycles. The summed E-state index contributed by atoms with van der Waals surface area (Å²) < 4.78 is 0. The number of nitrogens with one attached hydrogen (secondary N) is 1. The van der Waals surface area contributed by atoms with E-state index in [1.165, 1.54) is 44.8 Å². The molecule has 1 aliphatic rings. The van der Waals surface area contributed by atoms with Gasteiger partial charge in [-0.2, -0.15) is 0 Å². The lowest BCUT2D eigenvalue weighted by Crippen LogP contribution is -2.31. The van der Waals surface area contributed by atoms with Crippen LogP contribution in [-0.4, -0.2) is 0 Å². The molecule has 0 bridgehead atoms. The maximum absolute atomic E-state index is 3.63. The fourth-order valence-corrected chi connectivity index (χ4v) is 3.85. The summed E-state index contributed by atoms with van der Waals surface area (Å²) in [4.78, 5) is 0. The molecule has 1 nitrogen and oxygen atoms in total. The number of aryl methyl sites for hydroxylation is 3. The minimum Gasteiger partial charge on any atom is -0.355 e. The van der Waals surface area contributed by atoms with E-state index in [4.69, 9.17) is 0 Å². The molecule has 24 heavy (non-hydrogen) atoms. The third kappa shape index (κ3) is 2.16. The molecule has 0 amide bonds. The molecule has 0 atom stereocenters. The molecule has 0 radical (unpaired) electrons. The van der Waals surface area contributed by atoms with Crippen molar-refractivity contribution in [3.63, 3.8) is 0 Å². The summed E-state index contributed by atoms with van der Waals surface area (Å²) in [6, 6.07) is 22.4. The summed E-state index contributed by atoms with van der Waals surface area (Å²) in [7, 11) is 0. The third-order valence-electron chi connectivity index (χ3n) is 5.33. The second kappa shape index (κ2) is 5.24. The smallest absolute Gasteiger partial charge is 0.0464 e. The number of rotatable bonds is 1. The van der Waals surface area contributed by atoms with Gasteiger partial charge >= 0.3 is 0 Å². The van der Waals surface area contributed by atoms with Crippen molar-refractivity contribution in [1.29, 1.82) is 0 Å². The number of anilines is 2. The summed E-state index contributed by atoms with van der Waals surface area (Å²) >= 11 is 0. The van der Waals surface area contributed by atoms with Crippen molar-refractivity contribution >= 4 is 11.4 Å². The molecular formula is C23H23N. The van der Waals surface area contributed by atoms with Crippen LogP contribution in [0.4, 0.5) is 11.4 Å². The number of hydrogen-bond donors (Lipinski definition) is 1. The minimum absolute atomic E-state index is 0.151. The topological polar surface area (TPSA) is 12.0 Å². The molecule has 0 aliphatic carbocycles. The van der Waals surface area contributed by atoms with Crippen LogP contribution in [0.1, 0.15) is 40.3 Å². The number of benzene rings is 3. The second-order valence-electron chi connectivity index (χ2n) is 7.21. The quantitative estimate of drug-likeness (QED) is 0.579. The van der Waals surface area contributed by atoms with E-state index >= 15 is 0 Å². The molecule has 1 heteroatoms. The Bertz CT molecular complexity index is 868. The fraction of sp³-hybridized carbons (Fsp3) is 0.217. The Labute approximate surface area is 144 Å². The predicted molar refractivity (Wildman–Crippen MR) is 102 cm³/mol. The van der Waals surface area contributed by atoms with Gasteiger partial charge in [-0.1, -0.05) is 65.2 Å². The van der Waals surface area contributed by atoms with Gasteiger partial charge in [0, 0.05) is 16.8 Å². The highest BCUT2D eigenvalue weighted by atomic mass is 14.9. The molecule has 0 unspecified atom stereocenters. The van der Waals surface area contributed by atoms with Gasteiger partial charge in [0.2, 0.25) is 0 Å². The van der Waals surface area contributed by atoms with Gasteiger partial charge in [-0.15, -0.1) is 0 Å². The van der Waals surface area contributed by atoms with Crippen molar-refractivity contribution < 1.29 is 0 Å². The van der Waals surface area contributed by atoms with Crippen molar-refractivity contribution in [3.8, 4) is 0 Å². The highest BCUT2D eigenvalue weighted by Crippen LogP contribution is 2.49. The zero-order valence-electron chi connectivity index (χ0n) is 14.8. The SMILES string of the molecule is Cc1ccc(C2(C)c3cc(C)ccc3Nc3ccc(C)cc32)cc1. The molecule has 0 saturated heterocycles. The molecule has 1 aliphatic heterocycles. The Morgan fingerprint density at radius 2 is 1.08 bits per heavy atom. The van der Waals surface area contributed by atoms with Crippen LogP contribution < -0.4 is 5.32 Å². The lowest BCUT2D eigenvalue weighted by Gasteiger charge is -2.39. The van der Waals surface area contributed by atoms with Crippen LogP contribution in [0, 0.1) is 20.8 Å². The van der Waals surface area contributed by atoms with Crippen LogP contribution in [0.15, 0.2) is 60.7 Å². The Morgan fingerprint density at radius 3 is 1.58 bits per heavy atom. The van der Waals surface area contributed by atoms with Gasteiger partial charge in [-0.25, -0.2) is 0 Å². The van der Waals surface area contributed by atoms with Crippen molar-refractivity contribution in [2.45, 2.75) is 33.1 Å². The van der Waals surface area contributed by atoms with E-state index < -0.39 is 0 Å². The van der Waals surface area contributed by atoms with Crippen LogP contribution in [0.2, 0.25) is 0 Å². The summed E-state index contributed by atoms with van der Waals surface area (Å²) in [5.41, 5.74) is 10.2. The summed E-state index contributed by atoms with van der Waals surface area (Å²) in [5.74, 6) is 0. The van der Waals surface area contributed by atoms with E-state index in [1.54, 1.807) is 0 Å². The van der Waals surface area contributed by atoms with Gasteiger partial charge in [0.15, 0.2) is 0 Å². The Balaban J connectivity index is 2.06. The first kappa shape index (κ1) is 15.0. The van der Waals surface area contributed by atoms with Crippen LogP contribution in [-0.2, 0) is 5.41 Å². The van der Waals surface area contributed by atoms with Crippen LogP contribution in [0.5, 0.6) is 0 Å². The molecule has 3 aromatic rings. The first-order valence-electron chi connectivity index (χ1n) is 8.55. The van der Waals surface area contributed by atoms with Gasteiger partial charge < -0.3 is 5.32 Å². The molecule has 4 rings (SSSR count). The molecule has 0 spiro atoms. The molecule has 0 fully saturated rings. The molecular weight excluding hydrogens is 290 g/mol. The minimum atomic E-state index is -0.151. The Morgan fingerprint density at radius 1 is 0.625 bits per heavy atom. The normalized spacial score (nSPS) is 14.5. The van der Waals surface area contributed by atoms with E-state index in [2.05, 4.69) is 93.7 Å². The fourth-order valence-electron chi connectivity index (χ4n) is 3.85. The lowest BCUT2D eigenvalue weighted by molar-refractivity contribution is 0.687. The maximum atomic E-state index is 3.63. The van der Waals surface area contributed by atoms with E-state index in [0.29, 0.717) is 0 Å². The van der Waals surface area contributed by atoms with Gasteiger partial charge in [-0.05, 0) is 56.5 Å². The zero-order valence-corrected chi connectivity index (χ0v) is 14.8. The third-order valence-corrected chi connectivity index (χ3v) is 5.33. The highest BCUT2D eigenvalue weighted by Gasteiger charge is 2.38. The standard InChI is InChI=1S/C23H23N/c1-15-5-9-18(10-6-15)23(4)19-13-16(2)7-11-21(19)24-22-12-8-17(3)14-20(22)23/h5-14,24H,1-4H3. The monoisotopic (exact) mass is 313 g/mol. The van der Waals surface area contributed by atoms with Gasteiger partial charge in [0.1, 0.15) is 0 Å². The van der Waals surface area contributed by atoms with Crippen molar-refractivity contribution in [2.75, 3.05) is 5.32 Å². The van der Waals surface area contributed by atoms with E-state index in [9.17, 15) is 0 Å². The van der Waals surface area contributed by atoms with Gasteiger partial charge in [-0.3, -0.25) is 0 Å². The van der Waals surface area contributed by atoms with Crippen molar-refractivity contribution in [3.05, 3.63) is 94.0 Å². The van der Waals surface area contributed by atoms with Crippen LogP contribution in [0.25, 0.3) is 0 Å². The second-order valence-corrected chi connectivity index (χ2v) is 7.21. The Hall–Kier alpha value is -2.54. The van der Waals surface area contributed by atoms with Crippen molar-refractivity contribution in [2.24, 2.45) is 0 Å². The van der Waals surface area contributed by atoms with E-state index in [0.717, 1.165) is 0 Å². The van der Waals surface area contributed by atoms with Crippen molar-refractivity contribution in [1.82, 2.24) is 0 Å². The van der Waals surface area contributed by atoms with E-state index in [1.807, 2.05) is 0 Å². The largest absolute Gasteiger partial charge is 0.355 e. The van der Waals surface area contributed by atoms with Gasteiger partial charge in [0.25, 0.3) is 0 Å². The number of hydrogen-bond acceptors (Lipinski definition) is 1. The molecule has 120 valence electrons. The first-order valence-corrected chi connectivity index (χ1v) is 8.55. The zero-order chi connectivity index (χ0) is 16.9. The van der Waals surface area contributed by atoms with Crippen LogP contribution >= 0.6 is 0 Å². The highest BCUT2D eigenvalue weighted by molar-refractivity contribution is 5.78. The molecule has 1 N–H and O–H groups in total. The predicted octanol–water partition coefficient (Wildman–Crippen LogP) is 6.02. The molecule has 0 aromatic heterocycles. The van der Waals surface area contributed by atoms with E-state index in [-0.39, 0.29) is 5.41 Å². The molecule has 3 aromatic carbocycles. The Kier molecular flexibility index (Phi) is 3.28. The van der Waals surface area contributed by atoms with Crippen LogP contribution in [0.3, 0.4) is 0 Å². The average molecular weight is 313 g/mol. The summed E-state index contributed by atoms with van der Waals surface area (Å²) in [6.07, 6.45) is 0.